The lowest BCUT2D eigenvalue weighted by molar-refractivity contribution is 0.708. The molecule has 8 heteroatoms. The van der Waals surface area contributed by atoms with Gasteiger partial charge in [0, 0.05) is 20.3 Å². The van der Waals surface area contributed by atoms with Crippen molar-refractivity contribution in [3.05, 3.63) is 56.9 Å². The molecular weight excluding hydrogens is 338 g/mol. The molecule has 25 heavy (non-hydrogen) atoms. The molecule has 1 N–H and O–H groups in total. The predicted molar refractivity (Wildman–Crippen MR) is 99.9 cm³/mol. The first-order valence-corrected chi connectivity index (χ1v) is 8.46. The molecule has 0 aliphatic carbocycles. The maximum Gasteiger partial charge on any atom is 0.332 e. The molecule has 3 heterocycles. The van der Waals surface area contributed by atoms with Gasteiger partial charge in [-0.05, 0) is 30.7 Å². The summed E-state index contributed by atoms with van der Waals surface area (Å²) >= 11 is 1.51. The number of pyridine rings is 1. The molecular formula is C17H15N5O2S. The van der Waals surface area contributed by atoms with Crippen molar-refractivity contribution in [2.75, 3.05) is 5.32 Å². The van der Waals surface area contributed by atoms with Gasteiger partial charge < -0.3 is 5.32 Å². The van der Waals surface area contributed by atoms with Crippen LogP contribution in [-0.2, 0) is 14.1 Å². The van der Waals surface area contributed by atoms with Crippen LogP contribution < -0.4 is 16.6 Å². The van der Waals surface area contributed by atoms with Crippen LogP contribution in [0.1, 0.15) is 5.56 Å². The fourth-order valence-electron chi connectivity index (χ4n) is 2.79. The molecule has 126 valence electrons. The standard InChI is InChI=1S/C17H15N5O2S/c1-9-4-5-10-12(8-9)25-16(19-10)20-11-6-7-18-14-13(11)15(23)22(3)17(24)21(14)2/h4-8H,1-3H3,(H,18,19,20). The van der Waals surface area contributed by atoms with Crippen molar-refractivity contribution in [1.82, 2.24) is 19.1 Å². The Kier molecular flexibility index (Phi) is 3.43. The first-order chi connectivity index (χ1) is 12.0. The molecule has 0 fully saturated rings. The highest BCUT2D eigenvalue weighted by molar-refractivity contribution is 7.22. The number of hydrogen-bond acceptors (Lipinski definition) is 6. The van der Waals surface area contributed by atoms with E-state index in [0.717, 1.165) is 14.8 Å². The van der Waals surface area contributed by atoms with Crippen molar-refractivity contribution < 1.29 is 0 Å². The first kappa shape index (κ1) is 15.5. The Morgan fingerprint density at radius 1 is 1.12 bits per heavy atom. The van der Waals surface area contributed by atoms with E-state index in [4.69, 9.17) is 0 Å². The van der Waals surface area contributed by atoms with E-state index in [1.54, 1.807) is 19.3 Å². The van der Waals surface area contributed by atoms with E-state index >= 15 is 0 Å². The average Bonchev–Trinajstić information content (AvgIpc) is 2.99. The van der Waals surface area contributed by atoms with E-state index in [0.29, 0.717) is 21.9 Å². The second-order valence-electron chi connectivity index (χ2n) is 5.88. The molecule has 4 aromatic rings. The zero-order valence-electron chi connectivity index (χ0n) is 13.9. The van der Waals surface area contributed by atoms with Crippen molar-refractivity contribution in [3.63, 3.8) is 0 Å². The second kappa shape index (κ2) is 5.52. The number of anilines is 2. The summed E-state index contributed by atoms with van der Waals surface area (Å²) in [7, 11) is 3.06. The summed E-state index contributed by atoms with van der Waals surface area (Å²) in [6, 6.07) is 7.77. The zero-order valence-corrected chi connectivity index (χ0v) is 14.7. The zero-order chi connectivity index (χ0) is 17.7. The summed E-state index contributed by atoms with van der Waals surface area (Å²) in [5, 5.41) is 4.26. The SMILES string of the molecule is Cc1ccc2nc(Nc3ccnc4c3c(=O)n(C)c(=O)n4C)sc2c1. The number of rotatable bonds is 2. The number of nitrogens with zero attached hydrogens (tertiary/aromatic N) is 4. The minimum Gasteiger partial charge on any atom is -0.331 e. The van der Waals surface area contributed by atoms with Gasteiger partial charge in [-0.15, -0.1) is 0 Å². The highest BCUT2D eigenvalue weighted by atomic mass is 32.1. The lowest BCUT2D eigenvalue weighted by Gasteiger charge is -2.10. The smallest absolute Gasteiger partial charge is 0.331 e. The van der Waals surface area contributed by atoms with Gasteiger partial charge in [0.1, 0.15) is 5.39 Å². The third kappa shape index (κ3) is 2.42. The number of fused-ring (bicyclic) bond motifs is 2. The molecule has 0 unspecified atom stereocenters. The molecule has 7 nitrogen and oxygen atoms in total. The van der Waals surface area contributed by atoms with E-state index in [1.165, 1.54) is 28.5 Å². The lowest BCUT2D eigenvalue weighted by Crippen LogP contribution is -2.37. The van der Waals surface area contributed by atoms with Crippen molar-refractivity contribution in [2.45, 2.75) is 6.92 Å². The number of benzene rings is 1. The Hall–Kier alpha value is -3.00. The van der Waals surface area contributed by atoms with E-state index in [1.807, 2.05) is 19.1 Å². The average molecular weight is 353 g/mol. The third-order valence-corrected chi connectivity index (χ3v) is 5.06. The van der Waals surface area contributed by atoms with Crippen LogP contribution in [0.2, 0.25) is 0 Å². The van der Waals surface area contributed by atoms with Crippen LogP contribution in [-0.4, -0.2) is 19.1 Å². The number of aromatic nitrogens is 4. The number of nitrogens with one attached hydrogen (secondary N) is 1. The Morgan fingerprint density at radius 3 is 2.72 bits per heavy atom. The Balaban J connectivity index is 1.91. The maximum atomic E-state index is 12.6. The van der Waals surface area contributed by atoms with Crippen LogP contribution in [0, 0.1) is 6.92 Å². The van der Waals surface area contributed by atoms with Gasteiger partial charge in [-0.1, -0.05) is 17.4 Å². The first-order valence-electron chi connectivity index (χ1n) is 7.64. The van der Waals surface area contributed by atoms with Crippen LogP contribution in [0.25, 0.3) is 21.3 Å². The van der Waals surface area contributed by atoms with Crippen LogP contribution >= 0.6 is 11.3 Å². The largest absolute Gasteiger partial charge is 0.332 e. The van der Waals surface area contributed by atoms with Crippen molar-refractivity contribution in [3.8, 4) is 0 Å². The normalized spacial score (nSPS) is 11.3. The van der Waals surface area contributed by atoms with Gasteiger partial charge in [0.05, 0.1) is 15.9 Å². The quantitative estimate of drug-likeness (QED) is 0.598. The van der Waals surface area contributed by atoms with Crippen molar-refractivity contribution in [1.29, 1.82) is 0 Å². The third-order valence-electron chi connectivity index (χ3n) is 4.13. The summed E-state index contributed by atoms with van der Waals surface area (Å²) in [6.07, 6.45) is 1.57. The monoisotopic (exact) mass is 353 g/mol. The van der Waals surface area contributed by atoms with Gasteiger partial charge in [-0.25, -0.2) is 14.8 Å². The van der Waals surface area contributed by atoms with E-state index in [-0.39, 0.29) is 5.56 Å². The molecule has 0 aliphatic rings. The van der Waals surface area contributed by atoms with Gasteiger partial charge in [0.25, 0.3) is 5.56 Å². The van der Waals surface area contributed by atoms with Gasteiger partial charge in [-0.3, -0.25) is 13.9 Å². The lowest BCUT2D eigenvalue weighted by atomic mass is 10.2. The van der Waals surface area contributed by atoms with E-state index in [9.17, 15) is 9.59 Å². The molecule has 0 saturated heterocycles. The summed E-state index contributed by atoms with van der Waals surface area (Å²) in [5.41, 5.74) is 2.20. The van der Waals surface area contributed by atoms with Crippen LogP contribution in [0.3, 0.4) is 0 Å². The molecule has 0 spiro atoms. The van der Waals surface area contributed by atoms with E-state index in [2.05, 4.69) is 21.4 Å². The van der Waals surface area contributed by atoms with Gasteiger partial charge in [0.15, 0.2) is 10.8 Å². The van der Waals surface area contributed by atoms with Crippen molar-refractivity contribution in [2.24, 2.45) is 14.1 Å². The highest BCUT2D eigenvalue weighted by Crippen LogP contribution is 2.30. The number of thiazole rings is 1. The molecule has 0 radical (unpaired) electrons. The Morgan fingerprint density at radius 2 is 1.92 bits per heavy atom. The second-order valence-corrected chi connectivity index (χ2v) is 6.91. The summed E-state index contributed by atoms with van der Waals surface area (Å²) in [6.45, 7) is 2.03. The topological polar surface area (TPSA) is 81.8 Å². The van der Waals surface area contributed by atoms with Crippen LogP contribution in [0.5, 0.6) is 0 Å². The maximum absolute atomic E-state index is 12.6. The predicted octanol–water partition coefficient (Wildman–Crippen LogP) is 2.29. The molecule has 4 rings (SSSR count). The van der Waals surface area contributed by atoms with E-state index < -0.39 is 5.69 Å². The molecule has 3 aromatic heterocycles. The van der Waals surface area contributed by atoms with Crippen LogP contribution in [0.15, 0.2) is 40.1 Å². The minimum absolute atomic E-state index is 0.343. The Labute approximate surface area is 146 Å². The molecule has 0 saturated carbocycles. The fraction of sp³-hybridized carbons (Fsp3) is 0.176. The van der Waals surface area contributed by atoms with Gasteiger partial charge >= 0.3 is 5.69 Å². The number of aryl methyl sites for hydroxylation is 2. The van der Waals surface area contributed by atoms with Gasteiger partial charge in [-0.2, -0.15) is 0 Å². The summed E-state index contributed by atoms with van der Waals surface area (Å²) < 4.78 is 3.52. The highest BCUT2D eigenvalue weighted by Gasteiger charge is 2.14. The molecule has 1 aromatic carbocycles. The number of hydrogen-bond donors (Lipinski definition) is 1. The fourth-order valence-corrected chi connectivity index (χ4v) is 3.77. The van der Waals surface area contributed by atoms with Gasteiger partial charge in [0.2, 0.25) is 0 Å². The summed E-state index contributed by atoms with van der Waals surface area (Å²) in [5.74, 6) is 0. The molecule has 0 atom stereocenters. The molecule has 0 amide bonds. The molecule has 0 aliphatic heterocycles. The Bertz CT molecular complexity index is 1250. The summed E-state index contributed by atoms with van der Waals surface area (Å²) in [4.78, 5) is 33.4. The molecule has 0 bridgehead atoms. The van der Waals surface area contributed by atoms with Crippen molar-refractivity contribution >= 4 is 43.4 Å². The van der Waals surface area contributed by atoms with Crippen LogP contribution in [0.4, 0.5) is 10.8 Å². The minimum atomic E-state index is -0.405.